The lowest BCUT2D eigenvalue weighted by Gasteiger charge is -2.33. The highest BCUT2D eigenvalue weighted by molar-refractivity contribution is 7.92. The number of rotatable bonds is 15. The molecule has 3 aromatic carbocycles. The monoisotopic (exact) mass is 643 g/mol. The van der Waals surface area contributed by atoms with Gasteiger partial charge in [0.05, 0.1) is 24.8 Å². The van der Waals surface area contributed by atoms with Gasteiger partial charge in [0.25, 0.3) is 10.0 Å². The molecule has 3 aromatic rings. The number of anilines is 1. The van der Waals surface area contributed by atoms with Crippen LogP contribution in [0, 0.1) is 13.8 Å². The van der Waals surface area contributed by atoms with Gasteiger partial charge in [0, 0.05) is 24.2 Å². The zero-order valence-corrected chi connectivity index (χ0v) is 27.8. The summed E-state index contributed by atoms with van der Waals surface area (Å²) in [5, 5.41) is 3.47. The Kier molecular flexibility index (Phi) is 12.5. The first-order valence-electron chi connectivity index (χ1n) is 14.6. The summed E-state index contributed by atoms with van der Waals surface area (Å²) < 4.78 is 40.3. The lowest BCUT2D eigenvalue weighted by molar-refractivity contribution is -0.140. The van der Waals surface area contributed by atoms with Crippen LogP contribution in [0.25, 0.3) is 0 Å². The molecule has 0 aliphatic heterocycles. The standard InChI is InChI=1S/C33H42ClN3O6S/c1-7-9-16-35-33(39)29(8-2)36(21-25-10-12-26(34)13-11-25)32(38)22-37(27-18-23(3)17-24(4)19-27)44(40,41)28-14-15-30(42-5)31(20-28)43-6/h10-15,17-20,29H,7-9,16,21-22H2,1-6H3,(H,35,39)/t29-/m0/s1. The molecule has 0 heterocycles. The Morgan fingerprint density at radius 2 is 1.55 bits per heavy atom. The number of methoxy groups -OCH3 is 2. The molecular formula is C33H42ClN3O6S. The molecule has 0 radical (unpaired) electrons. The molecule has 1 atom stereocenters. The van der Waals surface area contributed by atoms with E-state index in [0.717, 1.165) is 33.8 Å². The number of hydrogen-bond donors (Lipinski definition) is 1. The van der Waals surface area contributed by atoms with Crippen molar-refractivity contribution in [3.63, 3.8) is 0 Å². The first-order chi connectivity index (χ1) is 20.9. The predicted molar refractivity (Wildman–Crippen MR) is 174 cm³/mol. The average Bonchev–Trinajstić information content (AvgIpc) is 2.99. The van der Waals surface area contributed by atoms with Crippen LogP contribution in [0.1, 0.15) is 49.8 Å². The molecular weight excluding hydrogens is 602 g/mol. The highest BCUT2D eigenvalue weighted by Crippen LogP contribution is 2.33. The molecule has 0 aliphatic carbocycles. The Balaban J connectivity index is 2.11. The van der Waals surface area contributed by atoms with Crippen LogP contribution in [0.3, 0.4) is 0 Å². The number of aryl methyl sites for hydroxylation is 2. The maximum atomic E-state index is 14.3. The number of carbonyl (C=O) groups excluding carboxylic acids is 2. The van der Waals surface area contributed by atoms with Gasteiger partial charge in [-0.15, -0.1) is 0 Å². The number of benzene rings is 3. The van der Waals surface area contributed by atoms with Crippen LogP contribution in [-0.4, -0.2) is 58.5 Å². The first kappa shape index (κ1) is 34.7. The van der Waals surface area contributed by atoms with E-state index in [2.05, 4.69) is 5.32 Å². The Hall–Kier alpha value is -3.76. The van der Waals surface area contributed by atoms with Crippen LogP contribution in [0.15, 0.2) is 65.6 Å². The van der Waals surface area contributed by atoms with Gasteiger partial charge in [0.15, 0.2) is 11.5 Å². The number of hydrogen-bond acceptors (Lipinski definition) is 6. The third-order valence-corrected chi connectivity index (χ3v) is 9.22. The van der Waals surface area contributed by atoms with Gasteiger partial charge in [-0.25, -0.2) is 8.42 Å². The minimum atomic E-state index is -4.29. The summed E-state index contributed by atoms with van der Waals surface area (Å²) in [6.45, 7) is 7.62. The SMILES string of the molecule is CCCCNC(=O)[C@H](CC)N(Cc1ccc(Cl)cc1)C(=O)CN(c1cc(C)cc(C)c1)S(=O)(=O)c1ccc(OC)c(OC)c1. The molecule has 1 N–H and O–H groups in total. The van der Waals surface area contributed by atoms with Crippen LogP contribution in [0.5, 0.6) is 11.5 Å². The van der Waals surface area contributed by atoms with E-state index in [4.69, 9.17) is 21.1 Å². The summed E-state index contributed by atoms with van der Waals surface area (Å²) in [4.78, 5) is 29.0. The van der Waals surface area contributed by atoms with E-state index in [0.29, 0.717) is 29.4 Å². The van der Waals surface area contributed by atoms with E-state index >= 15 is 0 Å². The summed E-state index contributed by atoms with van der Waals surface area (Å²) in [6, 6.07) is 15.8. The topological polar surface area (TPSA) is 105 Å². The minimum Gasteiger partial charge on any atom is -0.493 e. The zero-order valence-electron chi connectivity index (χ0n) is 26.2. The van der Waals surface area contributed by atoms with Crippen LogP contribution in [-0.2, 0) is 26.2 Å². The van der Waals surface area contributed by atoms with E-state index < -0.39 is 28.5 Å². The lowest BCUT2D eigenvalue weighted by atomic mass is 10.1. The molecule has 238 valence electrons. The van der Waals surface area contributed by atoms with Gasteiger partial charge in [-0.3, -0.25) is 13.9 Å². The molecule has 0 spiro atoms. The van der Waals surface area contributed by atoms with E-state index in [9.17, 15) is 18.0 Å². The molecule has 0 aliphatic rings. The Bertz CT molecular complexity index is 1530. The van der Waals surface area contributed by atoms with Crippen molar-refractivity contribution < 1.29 is 27.5 Å². The highest BCUT2D eigenvalue weighted by Gasteiger charge is 2.34. The van der Waals surface area contributed by atoms with E-state index in [-0.39, 0.29) is 23.1 Å². The third-order valence-electron chi connectivity index (χ3n) is 7.20. The Morgan fingerprint density at radius 3 is 2.11 bits per heavy atom. The Labute approximate surface area is 266 Å². The molecule has 0 fully saturated rings. The molecule has 0 unspecified atom stereocenters. The van der Waals surface area contributed by atoms with Crippen molar-refractivity contribution >= 4 is 39.1 Å². The largest absolute Gasteiger partial charge is 0.493 e. The summed E-state index contributed by atoms with van der Waals surface area (Å²) in [6.07, 6.45) is 2.05. The van der Waals surface area contributed by atoms with Crippen LogP contribution in [0.4, 0.5) is 5.69 Å². The van der Waals surface area contributed by atoms with Crippen molar-refractivity contribution in [3.05, 3.63) is 82.4 Å². The summed E-state index contributed by atoms with van der Waals surface area (Å²) >= 11 is 6.10. The summed E-state index contributed by atoms with van der Waals surface area (Å²) in [5.41, 5.74) is 2.75. The maximum Gasteiger partial charge on any atom is 0.264 e. The second-order valence-corrected chi connectivity index (χ2v) is 12.9. The van der Waals surface area contributed by atoms with Gasteiger partial charge in [0.1, 0.15) is 12.6 Å². The number of amides is 2. The predicted octanol–water partition coefficient (Wildman–Crippen LogP) is 5.89. The van der Waals surface area contributed by atoms with E-state index in [1.807, 2.05) is 33.8 Å². The highest BCUT2D eigenvalue weighted by atomic mass is 35.5. The third kappa shape index (κ3) is 8.66. The second kappa shape index (κ2) is 15.8. The van der Waals surface area contributed by atoms with Crippen molar-refractivity contribution in [1.82, 2.24) is 10.2 Å². The van der Waals surface area contributed by atoms with Gasteiger partial charge >= 0.3 is 0 Å². The number of unbranched alkanes of at least 4 members (excludes halogenated alkanes) is 1. The number of ether oxygens (including phenoxy) is 2. The van der Waals surface area contributed by atoms with Crippen molar-refractivity contribution in [2.24, 2.45) is 0 Å². The van der Waals surface area contributed by atoms with Gasteiger partial charge in [-0.1, -0.05) is 50.1 Å². The molecule has 11 heteroatoms. The maximum absolute atomic E-state index is 14.3. The van der Waals surface area contributed by atoms with Crippen molar-refractivity contribution in [2.45, 2.75) is 64.4 Å². The average molecular weight is 644 g/mol. The number of nitrogens with one attached hydrogen (secondary N) is 1. The summed E-state index contributed by atoms with van der Waals surface area (Å²) in [7, 11) is -1.41. The molecule has 0 saturated heterocycles. The normalized spacial score (nSPS) is 11.9. The summed E-state index contributed by atoms with van der Waals surface area (Å²) in [5.74, 6) is -0.210. The molecule has 0 bridgehead atoms. The molecule has 0 aromatic heterocycles. The molecule has 44 heavy (non-hydrogen) atoms. The van der Waals surface area contributed by atoms with Gasteiger partial charge in [-0.2, -0.15) is 0 Å². The Morgan fingerprint density at radius 1 is 0.909 bits per heavy atom. The number of carbonyl (C=O) groups is 2. The van der Waals surface area contributed by atoms with Crippen LogP contribution in [0.2, 0.25) is 5.02 Å². The molecule has 9 nitrogen and oxygen atoms in total. The fourth-order valence-electron chi connectivity index (χ4n) is 4.94. The first-order valence-corrected chi connectivity index (χ1v) is 16.4. The van der Waals surface area contributed by atoms with E-state index in [1.165, 1.54) is 37.3 Å². The number of sulfonamides is 1. The molecule has 2 amide bonds. The second-order valence-electron chi connectivity index (χ2n) is 10.6. The van der Waals surface area contributed by atoms with Gasteiger partial charge in [-0.05, 0) is 79.8 Å². The zero-order chi connectivity index (χ0) is 32.4. The van der Waals surface area contributed by atoms with Gasteiger partial charge < -0.3 is 19.7 Å². The lowest BCUT2D eigenvalue weighted by Crippen LogP contribution is -2.52. The molecule has 0 saturated carbocycles. The smallest absolute Gasteiger partial charge is 0.264 e. The van der Waals surface area contributed by atoms with Crippen molar-refractivity contribution in [1.29, 1.82) is 0 Å². The van der Waals surface area contributed by atoms with Crippen molar-refractivity contribution in [3.8, 4) is 11.5 Å². The van der Waals surface area contributed by atoms with Crippen molar-refractivity contribution in [2.75, 3.05) is 31.6 Å². The van der Waals surface area contributed by atoms with E-state index in [1.54, 1.807) is 36.4 Å². The fourth-order valence-corrected chi connectivity index (χ4v) is 6.48. The van der Waals surface area contributed by atoms with Gasteiger partial charge in [0.2, 0.25) is 11.8 Å². The van der Waals surface area contributed by atoms with Crippen LogP contribution < -0.4 is 19.1 Å². The number of nitrogens with zero attached hydrogens (tertiary/aromatic N) is 2. The number of halogens is 1. The quantitative estimate of drug-likeness (QED) is 0.207. The fraction of sp³-hybridized carbons (Fsp3) is 0.394. The minimum absolute atomic E-state index is 0.0734. The van der Waals surface area contributed by atoms with Crippen LogP contribution >= 0.6 is 11.6 Å². The molecule has 3 rings (SSSR count).